The molecule has 2 N–H and O–H groups in total. The number of hydrogen-bond donors (Lipinski definition) is 2. The van der Waals surface area contributed by atoms with Crippen molar-refractivity contribution in [2.24, 2.45) is 0 Å². The summed E-state index contributed by atoms with van der Waals surface area (Å²) in [5, 5.41) is 13.8. The van der Waals surface area contributed by atoms with Gasteiger partial charge in [0.2, 0.25) is 0 Å². The molecule has 0 spiro atoms. The van der Waals surface area contributed by atoms with E-state index in [-0.39, 0.29) is 11.3 Å². The van der Waals surface area contributed by atoms with Crippen LogP contribution >= 0.6 is 0 Å². The number of benzene rings is 2. The highest BCUT2D eigenvalue weighted by atomic mass is 16.5. The highest BCUT2D eigenvalue weighted by Crippen LogP contribution is 2.17. The van der Waals surface area contributed by atoms with Gasteiger partial charge >= 0.3 is 5.97 Å². The first-order valence-corrected chi connectivity index (χ1v) is 8.80. The topological polar surface area (TPSA) is 102 Å². The number of para-hydroxylation sites is 1. The third-order valence-corrected chi connectivity index (χ3v) is 4.11. The van der Waals surface area contributed by atoms with E-state index < -0.39 is 11.9 Å². The second-order valence-electron chi connectivity index (χ2n) is 6.00. The Kier molecular flexibility index (Phi) is 6.36. The number of nitrogens with one attached hydrogen (secondary N) is 2. The summed E-state index contributed by atoms with van der Waals surface area (Å²) in [4.78, 5) is 24.2. The molecule has 0 bridgehead atoms. The van der Waals surface area contributed by atoms with E-state index >= 15 is 0 Å². The second-order valence-corrected chi connectivity index (χ2v) is 6.00. The molecule has 0 unspecified atom stereocenters. The summed E-state index contributed by atoms with van der Waals surface area (Å²) in [6.45, 7) is 0.552. The van der Waals surface area contributed by atoms with Crippen molar-refractivity contribution in [1.29, 1.82) is 0 Å². The second kappa shape index (κ2) is 9.32. The molecule has 1 heterocycles. The molecule has 0 radical (unpaired) electrons. The number of rotatable bonds is 7. The van der Waals surface area contributed by atoms with Crippen LogP contribution in [-0.2, 0) is 11.3 Å². The van der Waals surface area contributed by atoms with E-state index in [1.54, 1.807) is 43.5 Å². The monoisotopic (exact) mass is 392 g/mol. The van der Waals surface area contributed by atoms with Gasteiger partial charge in [-0.3, -0.25) is 4.79 Å². The van der Waals surface area contributed by atoms with Crippen LogP contribution in [0.5, 0.6) is 5.75 Å². The van der Waals surface area contributed by atoms with E-state index in [1.807, 2.05) is 24.3 Å². The lowest BCUT2D eigenvalue weighted by atomic mass is 10.1. The summed E-state index contributed by atoms with van der Waals surface area (Å²) in [5.74, 6) is 0.311. The van der Waals surface area contributed by atoms with Crippen molar-refractivity contribution < 1.29 is 19.1 Å². The minimum Gasteiger partial charge on any atom is -0.497 e. The molecule has 1 aromatic heterocycles. The van der Waals surface area contributed by atoms with Gasteiger partial charge in [-0.25, -0.2) is 4.79 Å². The number of hydrogen-bond acceptors (Lipinski definition) is 7. The van der Waals surface area contributed by atoms with Crippen LogP contribution < -0.4 is 15.4 Å². The SMILES string of the molecule is COC(=O)c1ccccc1NC(=O)c1ccc(NCc2ccc(OC)cc2)nn1. The number of amides is 1. The van der Waals surface area contributed by atoms with Crippen LogP contribution in [0, 0.1) is 0 Å². The molecule has 0 atom stereocenters. The van der Waals surface area contributed by atoms with E-state index in [9.17, 15) is 9.59 Å². The van der Waals surface area contributed by atoms with E-state index in [4.69, 9.17) is 9.47 Å². The molecular weight excluding hydrogens is 372 g/mol. The predicted octanol–water partition coefficient (Wildman–Crippen LogP) is 3.14. The van der Waals surface area contributed by atoms with E-state index in [1.165, 1.54) is 7.11 Å². The number of carbonyl (C=O) groups is 2. The fourth-order valence-electron chi connectivity index (χ4n) is 2.55. The zero-order valence-corrected chi connectivity index (χ0v) is 16.0. The number of anilines is 2. The van der Waals surface area contributed by atoms with Crippen molar-refractivity contribution in [2.75, 3.05) is 24.9 Å². The van der Waals surface area contributed by atoms with Crippen molar-refractivity contribution in [3.05, 3.63) is 77.5 Å². The Hall–Kier alpha value is -3.94. The van der Waals surface area contributed by atoms with Crippen molar-refractivity contribution >= 4 is 23.4 Å². The number of aromatic nitrogens is 2. The third-order valence-electron chi connectivity index (χ3n) is 4.11. The molecule has 8 nitrogen and oxygen atoms in total. The van der Waals surface area contributed by atoms with Gasteiger partial charge < -0.3 is 20.1 Å². The zero-order chi connectivity index (χ0) is 20.6. The molecule has 3 aromatic rings. The van der Waals surface area contributed by atoms with Gasteiger partial charge in [0.05, 0.1) is 25.5 Å². The Morgan fingerprint density at radius 2 is 1.69 bits per heavy atom. The smallest absolute Gasteiger partial charge is 0.339 e. The van der Waals surface area contributed by atoms with Crippen LogP contribution in [0.2, 0.25) is 0 Å². The molecule has 0 saturated carbocycles. The largest absolute Gasteiger partial charge is 0.497 e. The first kappa shape index (κ1) is 19.8. The minimum atomic E-state index is -0.537. The molecule has 0 aliphatic rings. The summed E-state index contributed by atoms with van der Waals surface area (Å²) in [5.41, 5.74) is 1.77. The van der Waals surface area contributed by atoms with Crippen LogP contribution in [-0.4, -0.2) is 36.3 Å². The molecule has 1 amide bonds. The quantitative estimate of drug-likeness (QED) is 0.596. The fourth-order valence-corrected chi connectivity index (χ4v) is 2.55. The van der Waals surface area contributed by atoms with Gasteiger partial charge in [0.25, 0.3) is 5.91 Å². The Balaban J connectivity index is 1.62. The molecule has 8 heteroatoms. The molecule has 0 aliphatic carbocycles. The Bertz CT molecular complexity index is 988. The minimum absolute atomic E-state index is 0.125. The molecule has 3 rings (SSSR count). The van der Waals surface area contributed by atoms with Crippen LogP contribution in [0.1, 0.15) is 26.4 Å². The van der Waals surface area contributed by atoms with Gasteiger partial charge in [0.15, 0.2) is 5.69 Å². The number of esters is 1. The molecule has 0 aliphatic heterocycles. The van der Waals surface area contributed by atoms with Crippen LogP contribution in [0.15, 0.2) is 60.7 Å². The zero-order valence-electron chi connectivity index (χ0n) is 16.0. The van der Waals surface area contributed by atoms with Gasteiger partial charge in [-0.05, 0) is 42.0 Å². The molecule has 0 saturated heterocycles. The van der Waals surface area contributed by atoms with Gasteiger partial charge in [-0.2, -0.15) is 0 Å². The standard InChI is InChI=1S/C21H20N4O4/c1-28-15-9-7-14(8-10-15)13-22-19-12-11-18(24-25-19)20(26)23-17-6-4-3-5-16(17)21(27)29-2/h3-12H,13H2,1-2H3,(H,22,25)(H,23,26). The maximum absolute atomic E-state index is 12.4. The normalized spacial score (nSPS) is 10.1. The van der Waals surface area contributed by atoms with E-state index in [0.29, 0.717) is 18.1 Å². The highest BCUT2D eigenvalue weighted by molar-refractivity contribution is 6.07. The molecule has 148 valence electrons. The maximum atomic E-state index is 12.4. The summed E-state index contributed by atoms with van der Waals surface area (Å²) < 4.78 is 9.85. The lowest BCUT2D eigenvalue weighted by molar-refractivity contribution is 0.0602. The Labute approximate surface area is 167 Å². The summed E-state index contributed by atoms with van der Waals surface area (Å²) in [7, 11) is 2.90. The van der Waals surface area contributed by atoms with Gasteiger partial charge in [0.1, 0.15) is 11.6 Å². The molecule has 0 fully saturated rings. The van der Waals surface area contributed by atoms with Gasteiger partial charge in [-0.15, -0.1) is 10.2 Å². The summed E-state index contributed by atoms with van der Waals surface area (Å²) in [6.07, 6.45) is 0. The number of ether oxygens (including phenoxy) is 2. The summed E-state index contributed by atoms with van der Waals surface area (Å²) in [6, 6.07) is 17.4. The lowest BCUT2D eigenvalue weighted by Gasteiger charge is -2.09. The first-order chi connectivity index (χ1) is 14.1. The molecular formula is C21H20N4O4. The maximum Gasteiger partial charge on any atom is 0.339 e. The van der Waals surface area contributed by atoms with Gasteiger partial charge in [0, 0.05) is 6.54 Å². The average molecular weight is 392 g/mol. The summed E-state index contributed by atoms with van der Waals surface area (Å²) >= 11 is 0. The van der Waals surface area contributed by atoms with Crippen LogP contribution in [0.4, 0.5) is 11.5 Å². The Morgan fingerprint density at radius 1 is 0.931 bits per heavy atom. The number of methoxy groups -OCH3 is 2. The molecule has 29 heavy (non-hydrogen) atoms. The number of nitrogens with zero attached hydrogens (tertiary/aromatic N) is 2. The first-order valence-electron chi connectivity index (χ1n) is 8.80. The van der Waals surface area contributed by atoms with Gasteiger partial charge in [-0.1, -0.05) is 24.3 Å². The van der Waals surface area contributed by atoms with Crippen molar-refractivity contribution in [1.82, 2.24) is 10.2 Å². The van der Waals surface area contributed by atoms with E-state index in [0.717, 1.165) is 11.3 Å². The lowest BCUT2D eigenvalue weighted by Crippen LogP contribution is -2.17. The van der Waals surface area contributed by atoms with Crippen molar-refractivity contribution in [3.8, 4) is 5.75 Å². The highest BCUT2D eigenvalue weighted by Gasteiger charge is 2.15. The van der Waals surface area contributed by atoms with E-state index in [2.05, 4.69) is 20.8 Å². The fraction of sp³-hybridized carbons (Fsp3) is 0.143. The average Bonchev–Trinajstić information content (AvgIpc) is 2.78. The molecule has 2 aromatic carbocycles. The number of carbonyl (C=O) groups excluding carboxylic acids is 2. The van der Waals surface area contributed by atoms with Crippen LogP contribution in [0.3, 0.4) is 0 Å². The predicted molar refractivity (Wildman–Crippen MR) is 108 cm³/mol. The van der Waals surface area contributed by atoms with Crippen molar-refractivity contribution in [3.63, 3.8) is 0 Å². The Morgan fingerprint density at radius 3 is 2.34 bits per heavy atom. The third kappa shape index (κ3) is 5.07. The van der Waals surface area contributed by atoms with Crippen molar-refractivity contribution in [2.45, 2.75) is 6.54 Å². The van der Waals surface area contributed by atoms with Crippen LogP contribution in [0.25, 0.3) is 0 Å².